The average Bonchev–Trinajstić information content (AvgIpc) is 3.88. The van der Waals surface area contributed by atoms with Crippen LogP contribution in [0.2, 0.25) is 0 Å². The van der Waals surface area contributed by atoms with Crippen molar-refractivity contribution in [3.05, 3.63) is 75.7 Å². The third kappa shape index (κ3) is 8.80. The predicted molar refractivity (Wildman–Crippen MR) is 200 cm³/mol. The summed E-state index contributed by atoms with van der Waals surface area (Å²) in [5.41, 5.74) is -5.86. The molecule has 58 heavy (non-hydrogen) atoms. The predicted octanol–water partition coefficient (Wildman–Crippen LogP) is 8.72. The summed E-state index contributed by atoms with van der Waals surface area (Å²) < 4.78 is 95.9. The van der Waals surface area contributed by atoms with Gasteiger partial charge in [0.05, 0.1) is 29.2 Å². The Kier molecular flexibility index (Phi) is 12.7. The SMILES string of the molecule is CCC[C@H]1N(C(=O)c2ncccc2C(F)(F)F)CCC[C@@]1(Oc1csc(C(F)(F)F)c1)C(=O)N1CCC(O)(c2ccccc2OCCCC2(C(=O)O)CCCC2)CC1. The summed E-state index contributed by atoms with van der Waals surface area (Å²) in [4.78, 5) is 46.4. The monoisotopic (exact) mass is 839 g/mol. The molecule has 1 aliphatic carbocycles. The van der Waals surface area contributed by atoms with E-state index in [2.05, 4.69) is 4.98 Å². The van der Waals surface area contributed by atoms with Gasteiger partial charge in [-0.15, -0.1) is 11.3 Å². The van der Waals surface area contributed by atoms with Gasteiger partial charge < -0.3 is 29.5 Å². The first-order chi connectivity index (χ1) is 27.4. The lowest BCUT2D eigenvalue weighted by Gasteiger charge is -2.51. The molecule has 0 unspecified atom stereocenters. The zero-order valence-electron chi connectivity index (χ0n) is 32.0. The van der Waals surface area contributed by atoms with Crippen molar-refractivity contribution >= 4 is 29.1 Å². The van der Waals surface area contributed by atoms with Crippen molar-refractivity contribution in [3.63, 3.8) is 0 Å². The number of carboxylic acid groups (broad SMARTS) is 1. The minimum absolute atomic E-state index is 0.0258. The minimum Gasteiger partial charge on any atom is -0.493 e. The van der Waals surface area contributed by atoms with Gasteiger partial charge in [0.2, 0.25) is 5.60 Å². The molecule has 0 radical (unpaired) electrons. The fourth-order valence-corrected chi connectivity index (χ4v) is 9.56. The second-order valence-corrected chi connectivity index (χ2v) is 16.4. The highest BCUT2D eigenvalue weighted by atomic mass is 32.1. The number of pyridine rings is 1. The fourth-order valence-electron chi connectivity index (χ4n) is 8.88. The van der Waals surface area contributed by atoms with Crippen LogP contribution < -0.4 is 9.47 Å². The number of rotatable bonds is 13. The lowest BCUT2D eigenvalue weighted by Crippen LogP contribution is -2.68. The Labute approximate surface area is 336 Å². The van der Waals surface area contributed by atoms with Crippen molar-refractivity contribution < 1.29 is 60.4 Å². The number of carbonyl (C=O) groups is 3. The number of para-hydroxylation sites is 1. The van der Waals surface area contributed by atoms with Gasteiger partial charge in [-0.25, -0.2) is 0 Å². The fraction of sp³-hybridized carbons (Fsp3) is 0.561. The van der Waals surface area contributed by atoms with Crippen LogP contribution in [0, 0.1) is 5.41 Å². The van der Waals surface area contributed by atoms with Gasteiger partial charge in [-0.05, 0) is 69.6 Å². The number of carbonyl (C=O) groups excluding carboxylic acids is 2. The van der Waals surface area contributed by atoms with Crippen molar-refractivity contribution in [2.24, 2.45) is 5.41 Å². The Hall–Kier alpha value is -4.38. The van der Waals surface area contributed by atoms with Gasteiger partial charge in [0.1, 0.15) is 22.1 Å². The number of benzene rings is 1. The summed E-state index contributed by atoms with van der Waals surface area (Å²) in [6.07, 6.45) is -4.14. The molecule has 0 bridgehead atoms. The second kappa shape index (κ2) is 17.1. The van der Waals surface area contributed by atoms with Gasteiger partial charge in [0.25, 0.3) is 11.8 Å². The molecule has 4 heterocycles. The topological polar surface area (TPSA) is 130 Å². The molecule has 17 heteroatoms. The number of amides is 2. The number of aliphatic hydroxyl groups is 1. The molecule has 2 aromatic heterocycles. The van der Waals surface area contributed by atoms with Crippen LogP contribution in [0.1, 0.15) is 110 Å². The lowest BCUT2D eigenvalue weighted by atomic mass is 9.78. The zero-order chi connectivity index (χ0) is 41.9. The van der Waals surface area contributed by atoms with Gasteiger partial charge in [0.15, 0.2) is 0 Å². The van der Waals surface area contributed by atoms with Gasteiger partial charge in [0, 0.05) is 49.3 Å². The van der Waals surface area contributed by atoms with E-state index in [1.807, 2.05) is 0 Å². The van der Waals surface area contributed by atoms with Crippen molar-refractivity contribution in [2.45, 2.75) is 114 Å². The van der Waals surface area contributed by atoms with E-state index in [4.69, 9.17) is 9.47 Å². The molecule has 2 saturated heterocycles. The number of aliphatic carboxylic acids is 1. The maximum Gasteiger partial charge on any atom is 0.425 e. The Balaban J connectivity index is 1.26. The van der Waals surface area contributed by atoms with E-state index in [1.165, 1.54) is 4.90 Å². The molecule has 2 atom stereocenters. The summed E-state index contributed by atoms with van der Waals surface area (Å²) in [7, 11) is 0. The summed E-state index contributed by atoms with van der Waals surface area (Å²) in [6, 6.07) is 8.29. The average molecular weight is 840 g/mol. The molecular formula is C41H47F6N3O7S. The van der Waals surface area contributed by atoms with Crippen LogP contribution >= 0.6 is 11.3 Å². The molecule has 10 nitrogen and oxygen atoms in total. The van der Waals surface area contributed by atoms with Crippen LogP contribution in [0.15, 0.2) is 54.0 Å². The molecule has 3 aliphatic rings. The highest BCUT2D eigenvalue weighted by Gasteiger charge is 2.57. The van der Waals surface area contributed by atoms with Gasteiger partial charge in [-0.1, -0.05) is 44.4 Å². The minimum atomic E-state index is -4.92. The van der Waals surface area contributed by atoms with Crippen LogP contribution in [0.25, 0.3) is 0 Å². The molecule has 3 fully saturated rings. The molecule has 2 N–H and O–H groups in total. The molecule has 0 spiro atoms. The van der Waals surface area contributed by atoms with E-state index in [0.717, 1.165) is 47.5 Å². The van der Waals surface area contributed by atoms with Crippen molar-refractivity contribution in [1.29, 1.82) is 0 Å². The van der Waals surface area contributed by atoms with Crippen LogP contribution in [0.4, 0.5) is 26.3 Å². The van der Waals surface area contributed by atoms with Crippen molar-refractivity contribution in [2.75, 3.05) is 26.2 Å². The van der Waals surface area contributed by atoms with Crippen LogP contribution in [-0.2, 0) is 27.5 Å². The summed E-state index contributed by atoms with van der Waals surface area (Å²) in [6.45, 7) is 1.86. The Morgan fingerprint density at radius 2 is 1.64 bits per heavy atom. The normalized spacial score (nSPS) is 22.1. The molecule has 6 rings (SSSR count). The maximum absolute atomic E-state index is 15.0. The third-order valence-electron chi connectivity index (χ3n) is 11.9. The van der Waals surface area contributed by atoms with E-state index < -0.39 is 68.9 Å². The number of halogens is 6. The summed E-state index contributed by atoms with van der Waals surface area (Å²) >= 11 is 0.366. The lowest BCUT2D eigenvalue weighted by molar-refractivity contribution is -0.163. The van der Waals surface area contributed by atoms with Gasteiger partial charge in [-0.2, -0.15) is 26.3 Å². The molecule has 1 saturated carbocycles. The van der Waals surface area contributed by atoms with Gasteiger partial charge >= 0.3 is 18.3 Å². The highest BCUT2D eigenvalue weighted by Crippen LogP contribution is 2.45. The highest BCUT2D eigenvalue weighted by molar-refractivity contribution is 7.10. The number of alkyl halides is 6. The third-order valence-corrected chi connectivity index (χ3v) is 12.8. The smallest absolute Gasteiger partial charge is 0.425 e. The first kappa shape index (κ1) is 43.2. The molecule has 316 valence electrons. The number of carboxylic acids is 1. The molecule has 2 amide bonds. The number of aromatic nitrogens is 1. The van der Waals surface area contributed by atoms with Crippen molar-refractivity contribution in [1.82, 2.24) is 14.8 Å². The molecule has 1 aromatic carbocycles. The zero-order valence-corrected chi connectivity index (χ0v) is 32.9. The number of likely N-dealkylation sites (tertiary alicyclic amines) is 2. The Morgan fingerprint density at radius 1 is 0.931 bits per heavy atom. The number of thiophene rings is 1. The molecule has 2 aliphatic heterocycles. The van der Waals surface area contributed by atoms with E-state index in [-0.39, 0.29) is 64.1 Å². The van der Waals surface area contributed by atoms with Crippen LogP contribution in [0.5, 0.6) is 11.5 Å². The van der Waals surface area contributed by atoms with Gasteiger partial charge in [-0.3, -0.25) is 19.4 Å². The molecular weight excluding hydrogens is 793 g/mol. The second-order valence-electron chi connectivity index (χ2n) is 15.5. The summed E-state index contributed by atoms with van der Waals surface area (Å²) in [5, 5.41) is 23.0. The Morgan fingerprint density at radius 3 is 2.28 bits per heavy atom. The van der Waals surface area contributed by atoms with E-state index in [0.29, 0.717) is 54.8 Å². The number of hydrogen-bond acceptors (Lipinski definition) is 8. The van der Waals surface area contributed by atoms with Crippen LogP contribution in [0.3, 0.4) is 0 Å². The number of ether oxygens (including phenoxy) is 2. The van der Waals surface area contributed by atoms with E-state index in [9.17, 15) is 50.9 Å². The summed E-state index contributed by atoms with van der Waals surface area (Å²) in [5.74, 6) is -2.40. The van der Waals surface area contributed by atoms with E-state index in [1.54, 1.807) is 31.2 Å². The maximum atomic E-state index is 15.0. The number of hydrogen-bond donors (Lipinski definition) is 2. The first-order valence-electron chi connectivity index (χ1n) is 19.6. The quantitative estimate of drug-likeness (QED) is 0.129. The number of nitrogens with zero attached hydrogens (tertiary/aromatic N) is 3. The largest absolute Gasteiger partial charge is 0.493 e. The number of piperidine rings is 2. The van der Waals surface area contributed by atoms with Crippen LogP contribution in [-0.4, -0.2) is 80.7 Å². The molecule has 3 aromatic rings. The first-order valence-corrected chi connectivity index (χ1v) is 20.5. The van der Waals surface area contributed by atoms with E-state index >= 15 is 0 Å². The standard InChI is InChI=1S/C41H47F6N3O7S/c1-2-10-31-39(57-27-25-32(58-26-27)41(45,46)47,17-8-21-50(31)34(51)33-29(40(42,43)44)12-7-20-48-33)35(52)49-22-18-38(55,19-23-49)28-11-3-4-13-30(28)56-24-9-16-37(36(53)54)14-5-6-15-37/h3-4,7,11-13,20,25-26,31,55H,2,5-6,8-10,14-19,21-24H2,1H3,(H,53,54)/t31-,39+/m1/s1. The Bertz CT molecular complexity index is 1940. The van der Waals surface area contributed by atoms with Crippen molar-refractivity contribution in [3.8, 4) is 11.5 Å².